The van der Waals surface area contributed by atoms with Crippen molar-refractivity contribution in [2.75, 3.05) is 16.8 Å². The molecular formula is C23H19ClN2O2. The van der Waals surface area contributed by atoms with Crippen LogP contribution < -0.4 is 10.2 Å². The van der Waals surface area contributed by atoms with Crippen LogP contribution in [-0.4, -0.2) is 18.4 Å². The highest BCUT2D eigenvalue weighted by molar-refractivity contribution is 6.31. The Balaban J connectivity index is 1.50. The van der Waals surface area contributed by atoms with Crippen LogP contribution in [0.4, 0.5) is 11.4 Å². The lowest BCUT2D eigenvalue weighted by Gasteiger charge is -2.17. The Morgan fingerprint density at radius 2 is 1.64 bits per heavy atom. The molecule has 3 aromatic carbocycles. The summed E-state index contributed by atoms with van der Waals surface area (Å²) in [6.07, 6.45) is 0.862. The highest BCUT2D eigenvalue weighted by Crippen LogP contribution is 2.29. The molecule has 0 aromatic heterocycles. The number of para-hydroxylation sites is 1. The lowest BCUT2D eigenvalue weighted by atomic mass is 10.1. The van der Waals surface area contributed by atoms with Crippen molar-refractivity contribution >= 4 is 34.8 Å². The molecule has 1 heterocycles. The van der Waals surface area contributed by atoms with Gasteiger partial charge in [0.25, 0.3) is 11.8 Å². The standard InChI is InChI=1S/C23H19ClN2O2/c1-15-19(24)6-4-7-20(15)25-22(27)17-9-11-18(12-10-17)23(28)26-14-13-16-5-2-3-8-21(16)26/h2-12H,13-14H2,1H3,(H,25,27). The van der Waals surface area contributed by atoms with E-state index in [1.165, 1.54) is 5.56 Å². The van der Waals surface area contributed by atoms with E-state index in [9.17, 15) is 9.59 Å². The maximum atomic E-state index is 12.9. The first-order chi connectivity index (χ1) is 13.5. The smallest absolute Gasteiger partial charge is 0.258 e. The van der Waals surface area contributed by atoms with Crippen molar-refractivity contribution in [2.24, 2.45) is 0 Å². The third kappa shape index (κ3) is 3.39. The molecule has 5 heteroatoms. The van der Waals surface area contributed by atoms with Crippen molar-refractivity contribution in [3.05, 3.63) is 94.0 Å². The molecule has 1 N–H and O–H groups in total. The van der Waals surface area contributed by atoms with Gasteiger partial charge in [-0.25, -0.2) is 0 Å². The Kier molecular flexibility index (Phi) is 4.88. The zero-order valence-corrected chi connectivity index (χ0v) is 16.2. The average molecular weight is 391 g/mol. The van der Waals surface area contributed by atoms with Crippen LogP contribution in [0.2, 0.25) is 5.02 Å². The summed E-state index contributed by atoms with van der Waals surface area (Å²) in [5.74, 6) is -0.293. The molecule has 140 valence electrons. The number of rotatable bonds is 3. The Hall–Kier alpha value is -3.11. The summed E-state index contributed by atoms with van der Waals surface area (Å²) in [7, 11) is 0. The van der Waals surface area contributed by atoms with E-state index >= 15 is 0 Å². The van der Waals surface area contributed by atoms with Crippen molar-refractivity contribution in [3.63, 3.8) is 0 Å². The summed E-state index contributed by atoms with van der Waals surface area (Å²) in [5, 5.41) is 3.47. The summed E-state index contributed by atoms with van der Waals surface area (Å²) in [4.78, 5) is 27.2. The lowest BCUT2D eigenvalue weighted by Crippen LogP contribution is -2.28. The second-order valence-corrected chi connectivity index (χ2v) is 7.19. The predicted molar refractivity (Wildman–Crippen MR) is 112 cm³/mol. The SMILES string of the molecule is Cc1c(Cl)cccc1NC(=O)c1ccc(C(=O)N2CCc3ccccc32)cc1. The van der Waals surface area contributed by atoms with Crippen molar-refractivity contribution in [3.8, 4) is 0 Å². The van der Waals surface area contributed by atoms with Gasteiger partial charge in [-0.15, -0.1) is 0 Å². The zero-order valence-electron chi connectivity index (χ0n) is 15.4. The van der Waals surface area contributed by atoms with Crippen LogP contribution >= 0.6 is 11.6 Å². The maximum Gasteiger partial charge on any atom is 0.258 e. The largest absolute Gasteiger partial charge is 0.322 e. The number of fused-ring (bicyclic) bond motifs is 1. The van der Waals surface area contributed by atoms with Crippen molar-refractivity contribution < 1.29 is 9.59 Å². The van der Waals surface area contributed by atoms with E-state index < -0.39 is 0 Å². The minimum atomic E-state index is -0.240. The van der Waals surface area contributed by atoms with E-state index in [1.807, 2.05) is 37.3 Å². The minimum Gasteiger partial charge on any atom is -0.322 e. The van der Waals surface area contributed by atoms with Crippen LogP contribution in [0, 0.1) is 6.92 Å². The van der Waals surface area contributed by atoms with E-state index in [-0.39, 0.29) is 11.8 Å². The summed E-state index contributed by atoms with van der Waals surface area (Å²) in [5.41, 5.74) is 4.68. The lowest BCUT2D eigenvalue weighted by molar-refractivity contribution is 0.0986. The normalized spacial score (nSPS) is 12.6. The Labute approximate surface area is 168 Å². The number of hydrogen-bond acceptors (Lipinski definition) is 2. The van der Waals surface area contributed by atoms with Gasteiger partial charge in [-0.05, 0) is 66.9 Å². The second kappa shape index (κ2) is 7.49. The van der Waals surface area contributed by atoms with Gasteiger partial charge in [0.1, 0.15) is 0 Å². The number of nitrogens with one attached hydrogen (secondary N) is 1. The molecule has 0 bridgehead atoms. The van der Waals surface area contributed by atoms with Gasteiger partial charge in [-0.1, -0.05) is 35.9 Å². The van der Waals surface area contributed by atoms with Crippen LogP contribution in [0.15, 0.2) is 66.7 Å². The third-order valence-corrected chi connectivity index (χ3v) is 5.45. The van der Waals surface area contributed by atoms with E-state index in [4.69, 9.17) is 11.6 Å². The van der Waals surface area contributed by atoms with Crippen molar-refractivity contribution in [1.29, 1.82) is 0 Å². The zero-order chi connectivity index (χ0) is 19.7. The molecule has 0 fully saturated rings. The fourth-order valence-electron chi connectivity index (χ4n) is 3.41. The van der Waals surface area contributed by atoms with Gasteiger partial charge < -0.3 is 10.2 Å². The summed E-state index contributed by atoms with van der Waals surface area (Å²) < 4.78 is 0. The molecule has 0 atom stereocenters. The van der Waals surface area contributed by atoms with Crippen LogP contribution in [0.1, 0.15) is 31.8 Å². The molecule has 0 unspecified atom stereocenters. The van der Waals surface area contributed by atoms with E-state index in [0.29, 0.717) is 28.4 Å². The number of hydrogen-bond donors (Lipinski definition) is 1. The van der Waals surface area contributed by atoms with E-state index in [2.05, 4.69) is 5.32 Å². The molecule has 0 aliphatic carbocycles. The highest BCUT2D eigenvalue weighted by Gasteiger charge is 2.25. The molecule has 0 saturated heterocycles. The number of benzene rings is 3. The predicted octanol–water partition coefficient (Wildman–Crippen LogP) is 5.10. The Morgan fingerprint density at radius 3 is 2.43 bits per heavy atom. The maximum absolute atomic E-state index is 12.9. The average Bonchev–Trinajstić information content (AvgIpc) is 3.15. The van der Waals surface area contributed by atoms with Gasteiger partial charge in [0.05, 0.1) is 0 Å². The molecule has 0 radical (unpaired) electrons. The molecule has 1 aliphatic rings. The van der Waals surface area contributed by atoms with E-state index in [0.717, 1.165) is 17.7 Å². The fraction of sp³-hybridized carbons (Fsp3) is 0.130. The number of amides is 2. The van der Waals surface area contributed by atoms with Crippen LogP contribution in [0.25, 0.3) is 0 Å². The number of anilines is 2. The number of carbonyl (C=O) groups is 2. The molecule has 28 heavy (non-hydrogen) atoms. The van der Waals surface area contributed by atoms with Crippen LogP contribution in [0.5, 0.6) is 0 Å². The van der Waals surface area contributed by atoms with Crippen LogP contribution in [0.3, 0.4) is 0 Å². The molecule has 4 rings (SSSR count). The van der Waals surface area contributed by atoms with Gasteiger partial charge in [0, 0.05) is 34.1 Å². The molecule has 2 amide bonds. The summed E-state index contributed by atoms with van der Waals surface area (Å²) >= 11 is 6.10. The van der Waals surface area contributed by atoms with Gasteiger partial charge in [0.2, 0.25) is 0 Å². The quantitative estimate of drug-likeness (QED) is 0.676. The molecule has 0 saturated carbocycles. The van der Waals surface area contributed by atoms with Crippen molar-refractivity contribution in [2.45, 2.75) is 13.3 Å². The monoisotopic (exact) mass is 390 g/mol. The number of nitrogens with zero attached hydrogens (tertiary/aromatic N) is 1. The molecule has 4 nitrogen and oxygen atoms in total. The first kappa shape index (κ1) is 18.3. The Bertz CT molecular complexity index is 1060. The Morgan fingerprint density at radius 1 is 0.929 bits per heavy atom. The first-order valence-corrected chi connectivity index (χ1v) is 9.48. The summed E-state index contributed by atoms with van der Waals surface area (Å²) in [6, 6.07) is 20.1. The highest BCUT2D eigenvalue weighted by atomic mass is 35.5. The molecular weight excluding hydrogens is 372 g/mol. The van der Waals surface area contributed by atoms with E-state index in [1.54, 1.807) is 41.3 Å². The fourth-order valence-corrected chi connectivity index (χ4v) is 3.58. The molecule has 3 aromatic rings. The molecule has 0 spiro atoms. The van der Waals surface area contributed by atoms with Gasteiger partial charge in [-0.3, -0.25) is 9.59 Å². The van der Waals surface area contributed by atoms with Crippen LogP contribution in [-0.2, 0) is 6.42 Å². The van der Waals surface area contributed by atoms with Crippen molar-refractivity contribution in [1.82, 2.24) is 0 Å². The minimum absolute atomic E-state index is 0.0532. The van der Waals surface area contributed by atoms with Gasteiger partial charge >= 0.3 is 0 Å². The second-order valence-electron chi connectivity index (χ2n) is 6.78. The summed E-state index contributed by atoms with van der Waals surface area (Å²) in [6.45, 7) is 2.53. The van der Waals surface area contributed by atoms with Gasteiger partial charge in [-0.2, -0.15) is 0 Å². The molecule has 1 aliphatic heterocycles. The topological polar surface area (TPSA) is 49.4 Å². The van der Waals surface area contributed by atoms with Gasteiger partial charge in [0.15, 0.2) is 0 Å². The number of carbonyl (C=O) groups excluding carboxylic acids is 2. The number of halogens is 1. The third-order valence-electron chi connectivity index (χ3n) is 5.04. The first-order valence-electron chi connectivity index (χ1n) is 9.11.